The SMILES string of the molecule is COc1nc(OC(F)(F)F)cc(Br)c1S(=O)(=O)Cl. The summed E-state index contributed by atoms with van der Waals surface area (Å²) in [5.74, 6) is -1.49. The Bertz CT molecular complexity index is 563. The summed E-state index contributed by atoms with van der Waals surface area (Å²) in [7, 11) is 1.88. The van der Waals surface area contributed by atoms with Crippen molar-refractivity contribution in [1.82, 2.24) is 4.98 Å². The van der Waals surface area contributed by atoms with Gasteiger partial charge in [-0.15, -0.1) is 13.2 Å². The molecule has 11 heteroatoms. The number of hydrogen-bond donors (Lipinski definition) is 0. The quantitative estimate of drug-likeness (QED) is 0.766. The van der Waals surface area contributed by atoms with Crippen LogP contribution in [0.15, 0.2) is 15.4 Å². The highest BCUT2D eigenvalue weighted by atomic mass is 79.9. The molecule has 0 amide bonds. The van der Waals surface area contributed by atoms with Gasteiger partial charge in [0.25, 0.3) is 9.05 Å². The van der Waals surface area contributed by atoms with Gasteiger partial charge in [-0.1, -0.05) is 0 Å². The van der Waals surface area contributed by atoms with Crippen LogP contribution < -0.4 is 9.47 Å². The minimum atomic E-state index is -4.96. The summed E-state index contributed by atoms with van der Waals surface area (Å²) < 4.78 is 66.1. The third-order valence-electron chi connectivity index (χ3n) is 1.53. The van der Waals surface area contributed by atoms with E-state index in [4.69, 9.17) is 10.7 Å². The maximum absolute atomic E-state index is 12.0. The predicted molar refractivity (Wildman–Crippen MR) is 58.2 cm³/mol. The molecule has 0 aliphatic heterocycles. The van der Waals surface area contributed by atoms with E-state index >= 15 is 0 Å². The molecule has 1 rings (SSSR count). The van der Waals surface area contributed by atoms with Gasteiger partial charge >= 0.3 is 6.36 Å². The highest BCUT2D eigenvalue weighted by molar-refractivity contribution is 9.10. The van der Waals surface area contributed by atoms with Gasteiger partial charge in [-0.05, 0) is 15.9 Å². The molecule has 0 N–H and O–H groups in total. The predicted octanol–water partition coefficient (Wildman–Crippen LogP) is 2.68. The van der Waals surface area contributed by atoms with Crippen molar-refractivity contribution in [2.45, 2.75) is 11.3 Å². The second kappa shape index (κ2) is 5.10. The fourth-order valence-electron chi connectivity index (χ4n) is 0.989. The van der Waals surface area contributed by atoms with Gasteiger partial charge in [-0.2, -0.15) is 4.98 Å². The molecular weight excluding hydrogens is 366 g/mol. The first kappa shape index (κ1) is 15.3. The largest absolute Gasteiger partial charge is 0.574 e. The van der Waals surface area contributed by atoms with E-state index in [-0.39, 0.29) is 4.47 Å². The molecule has 1 aromatic heterocycles. The van der Waals surface area contributed by atoms with Crippen LogP contribution in [0.25, 0.3) is 0 Å². The van der Waals surface area contributed by atoms with E-state index in [1.807, 2.05) is 0 Å². The minimum Gasteiger partial charge on any atom is -0.480 e. The van der Waals surface area contributed by atoms with Crippen molar-refractivity contribution >= 4 is 35.7 Å². The molecule has 0 atom stereocenters. The number of aromatic nitrogens is 1. The molecular formula is C7H4BrClF3NO4S. The number of hydrogen-bond acceptors (Lipinski definition) is 5. The Morgan fingerprint density at radius 3 is 2.39 bits per heavy atom. The third kappa shape index (κ3) is 3.89. The Kier molecular flexibility index (Phi) is 4.34. The molecule has 0 unspecified atom stereocenters. The Hall–Kier alpha value is -0.740. The van der Waals surface area contributed by atoms with E-state index in [1.165, 1.54) is 0 Å². The monoisotopic (exact) mass is 369 g/mol. The lowest BCUT2D eigenvalue weighted by Gasteiger charge is -2.11. The average molecular weight is 371 g/mol. The zero-order valence-corrected chi connectivity index (χ0v) is 11.6. The molecule has 0 aromatic carbocycles. The lowest BCUT2D eigenvalue weighted by Crippen LogP contribution is -2.18. The first-order valence-electron chi connectivity index (χ1n) is 3.99. The number of halogens is 5. The summed E-state index contributed by atoms with van der Waals surface area (Å²) in [6, 6.07) is 0.714. The molecule has 1 aromatic rings. The number of methoxy groups -OCH3 is 1. The van der Waals surface area contributed by atoms with Crippen LogP contribution in [0.5, 0.6) is 11.8 Å². The number of alkyl halides is 3. The first-order chi connectivity index (χ1) is 8.04. The van der Waals surface area contributed by atoms with Crippen LogP contribution in [0.1, 0.15) is 0 Å². The second-order valence-electron chi connectivity index (χ2n) is 2.77. The summed E-state index contributed by atoms with van der Waals surface area (Å²) in [4.78, 5) is 2.66. The van der Waals surface area contributed by atoms with Gasteiger partial charge in [-0.3, -0.25) is 0 Å². The van der Waals surface area contributed by atoms with E-state index in [1.54, 1.807) is 0 Å². The summed E-state index contributed by atoms with van der Waals surface area (Å²) in [5.41, 5.74) is 0. The fourth-order valence-corrected chi connectivity index (χ4v) is 3.35. The van der Waals surface area contributed by atoms with Crippen LogP contribution in [0, 0.1) is 0 Å². The Balaban J connectivity index is 3.37. The molecule has 0 spiro atoms. The molecule has 18 heavy (non-hydrogen) atoms. The molecule has 1 heterocycles. The van der Waals surface area contributed by atoms with Gasteiger partial charge in [0.1, 0.15) is 0 Å². The van der Waals surface area contributed by atoms with Gasteiger partial charge < -0.3 is 9.47 Å². The van der Waals surface area contributed by atoms with Crippen LogP contribution in [-0.4, -0.2) is 26.9 Å². The summed E-state index contributed by atoms with van der Waals surface area (Å²) in [5, 5.41) is 0. The van der Waals surface area contributed by atoms with Crippen molar-refractivity contribution < 1.29 is 31.1 Å². The molecule has 0 aliphatic carbocycles. The van der Waals surface area contributed by atoms with Gasteiger partial charge in [0.2, 0.25) is 11.8 Å². The summed E-state index contributed by atoms with van der Waals surface area (Å²) in [6.45, 7) is 0. The molecule has 0 saturated carbocycles. The van der Waals surface area contributed by atoms with Crippen LogP contribution in [-0.2, 0) is 9.05 Å². The highest BCUT2D eigenvalue weighted by Gasteiger charge is 2.33. The number of rotatable bonds is 3. The molecule has 102 valence electrons. The van der Waals surface area contributed by atoms with Crippen molar-refractivity contribution in [3.05, 3.63) is 10.5 Å². The second-order valence-corrected chi connectivity index (χ2v) is 6.12. The standard InChI is InChI=1S/C7H4BrClF3NO4S/c1-16-6-5(18(9,14)15)3(8)2-4(13-6)17-7(10,11)12/h2H,1H3. The fraction of sp³-hybridized carbons (Fsp3) is 0.286. The minimum absolute atomic E-state index is 0.261. The Labute approximate surface area is 112 Å². The zero-order chi connectivity index (χ0) is 14.1. The highest BCUT2D eigenvalue weighted by Crippen LogP contribution is 2.36. The Morgan fingerprint density at radius 1 is 1.44 bits per heavy atom. The third-order valence-corrected chi connectivity index (χ3v) is 3.76. The van der Waals surface area contributed by atoms with Crippen LogP contribution in [0.3, 0.4) is 0 Å². The number of nitrogens with zero attached hydrogens (tertiary/aromatic N) is 1. The molecule has 0 radical (unpaired) electrons. The van der Waals surface area contributed by atoms with Crippen molar-refractivity contribution in [3.8, 4) is 11.8 Å². The maximum Gasteiger partial charge on any atom is 0.574 e. The van der Waals surface area contributed by atoms with E-state index in [9.17, 15) is 21.6 Å². The molecule has 5 nitrogen and oxygen atoms in total. The van der Waals surface area contributed by atoms with E-state index in [2.05, 4.69) is 30.4 Å². The number of ether oxygens (including phenoxy) is 2. The van der Waals surface area contributed by atoms with Gasteiger partial charge in [0.05, 0.1) is 7.11 Å². The maximum atomic E-state index is 12.0. The van der Waals surface area contributed by atoms with Gasteiger partial charge in [-0.25, -0.2) is 8.42 Å². The van der Waals surface area contributed by atoms with Crippen LogP contribution in [0.2, 0.25) is 0 Å². The molecule has 0 aliphatic rings. The average Bonchev–Trinajstić information content (AvgIpc) is 2.11. The summed E-state index contributed by atoms with van der Waals surface area (Å²) in [6.07, 6.45) is -4.96. The summed E-state index contributed by atoms with van der Waals surface area (Å²) >= 11 is 2.75. The lowest BCUT2D eigenvalue weighted by atomic mass is 10.4. The lowest BCUT2D eigenvalue weighted by molar-refractivity contribution is -0.276. The zero-order valence-electron chi connectivity index (χ0n) is 8.46. The van der Waals surface area contributed by atoms with Crippen LogP contribution in [0.4, 0.5) is 13.2 Å². The molecule has 0 bridgehead atoms. The van der Waals surface area contributed by atoms with Gasteiger partial charge in [0, 0.05) is 21.2 Å². The number of pyridine rings is 1. The Morgan fingerprint density at radius 2 is 2.00 bits per heavy atom. The van der Waals surface area contributed by atoms with Crippen molar-refractivity contribution in [3.63, 3.8) is 0 Å². The molecule has 0 fully saturated rings. The van der Waals surface area contributed by atoms with E-state index in [0.29, 0.717) is 6.07 Å². The first-order valence-corrected chi connectivity index (χ1v) is 7.10. The van der Waals surface area contributed by atoms with Crippen molar-refractivity contribution in [2.24, 2.45) is 0 Å². The van der Waals surface area contributed by atoms with Crippen LogP contribution >= 0.6 is 26.6 Å². The smallest absolute Gasteiger partial charge is 0.480 e. The van der Waals surface area contributed by atoms with Crippen molar-refractivity contribution in [1.29, 1.82) is 0 Å². The van der Waals surface area contributed by atoms with E-state index < -0.39 is 32.1 Å². The normalized spacial score (nSPS) is 12.3. The molecule has 0 saturated heterocycles. The topological polar surface area (TPSA) is 65.5 Å². The van der Waals surface area contributed by atoms with Gasteiger partial charge in [0.15, 0.2) is 4.90 Å². The van der Waals surface area contributed by atoms with E-state index in [0.717, 1.165) is 7.11 Å². The van der Waals surface area contributed by atoms with Crippen molar-refractivity contribution in [2.75, 3.05) is 7.11 Å².